The molecular formula is C25H23F5N4O2. The zero-order valence-electron chi connectivity index (χ0n) is 19.0. The highest BCUT2D eigenvalue weighted by Crippen LogP contribution is 2.49. The van der Waals surface area contributed by atoms with Gasteiger partial charge in [0.05, 0.1) is 28.2 Å². The maximum absolute atomic E-state index is 13.5. The van der Waals surface area contributed by atoms with Crippen molar-refractivity contribution in [2.45, 2.75) is 62.5 Å². The Morgan fingerprint density at radius 3 is 2.36 bits per heavy atom. The van der Waals surface area contributed by atoms with E-state index in [-0.39, 0.29) is 55.5 Å². The van der Waals surface area contributed by atoms with Crippen molar-refractivity contribution in [1.82, 2.24) is 15.0 Å². The molecular weight excluding hydrogens is 483 g/mol. The number of aromatic amines is 1. The lowest BCUT2D eigenvalue weighted by Crippen LogP contribution is -2.34. The summed E-state index contributed by atoms with van der Waals surface area (Å²) in [5.74, 6) is -5.74. The molecule has 5 rings (SSSR count). The number of nitrogens with two attached hydrogens (primary N) is 1. The fourth-order valence-electron chi connectivity index (χ4n) is 5.35. The molecule has 3 aromatic heterocycles. The van der Waals surface area contributed by atoms with Gasteiger partial charge >= 0.3 is 6.18 Å². The van der Waals surface area contributed by atoms with Crippen molar-refractivity contribution in [2.24, 2.45) is 11.7 Å². The molecule has 0 saturated heterocycles. The molecule has 2 fully saturated rings. The fraction of sp³-hybridized carbons (Fsp3) is 0.440. The second-order valence-electron chi connectivity index (χ2n) is 9.71. The number of halogens is 5. The highest BCUT2D eigenvalue weighted by Gasteiger charge is 2.47. The number of hydrogen-bond donors (Lipinski definition) is 2. The second-order valence-corrected chi connectivity index (χ2v) is 9.71. The minimum atomic E-state index is -4.27. The molecule has 0 unspecified atom stereocenters. The van der Waals surface area contributed by atoms with Gasteiger partial charge in [-0.15, -0.1) is 0 Å². The van der Waals surface area contributed by atoms with E-state index in [0.29, 0.717) is 28.2 Å². The molecule has 0 aliphatic heterocycles. The van der Waals surface area contributed by atoms with E-state index in [1.807, 2.05) is 0 Å². The average molecular weight is 506 g/mol. The number of aromatic nitrogens is 3. The Morgan fingerprint density at radius 1 is 1.06 bits per heavy atom. The third-order valence-electron chi connectivity index (χ3n) is 7.30. The van der Waals surface area contributed by atoms with Gasteiger partial charge in [0.1, 0.15) is 5.69 Å². The first kappa shape index (κ1) is 24.3. The number of fused-ring (bicyclic) bond motifs is 1. The molecule has 2 aliphatic rings. The van der Waals surface area contributed by atoms with Crippen LogP contribution >= 0.6 is 0 Å². The highest BCUT2D eigenvalue weighted by atomic mass is 19.4. The monoisotopic (exact) mass is 506 g/mol. The number of carbonyl (C=O) groups excluding carboxylic acids is 1. The Kier molecular flexibility index (Phi) is 5.83. The van der Waals surface area contributed by atoms with Crippen LogP contribution in [0.25, 0.3) is 22.2 Å². The van der Waals surface area contributed by atoms with E-state index in [1.54, 1.807) is 12.1 Å². The van der Waals surface area contributed by atoms with Crippen LogP contribution in [0, 0.1) is 5.92 Å². The molecule has 0 aromatic carbocycles. The predicted molar refractivity (Wildman–Crippen MR) is 122 cm³/mol. The number of alkyl halides is 5. The Morgan fingerprint density at radius 2 is 1.75 bits per heavy atom. The van der Waals surface area contributed by atoms with E-state index in [0.717, 1.165) is 0 Å². The molecule has 6 nitrogen and oxygen atoms in total. The number of nitrogens with one attached hydrogen (secondary N) is 1. The van der Waals surface area contributed by atoms with E-state index in [4.69, 9.17) is 5.73 Å². The van der Waals surface area contributed by atoms with Crippen molar-refractivity contribution in [3.8, 4) is 11.3 Å². The summed E-state index contributed by atoms with van der Waals surface area (Å²) in [6.07, 6.45) is -3.21. The quantitative estimate of drug-likeness (QED) is 0.461. The summed E-state index contributed by atoms with van der Waals surface area (Å²) in [7, 11) is 0. The number of primary amides is 1. The molecule has 2 saturated carbocycles. The Hall–Kier alpha value is -3.37. The maximum atomic E-state index is 13.5. The first-order valence-electron chi connectivity index (χ1n) is 11.7. The standard InChI is InChI=1S/C25H23F5N4O2/c26-24(27)10-13(11-24)16-6-5-15(21(34-16)12-1-3-14(4-2-12)25(28,29)30)18-9-19(35)20-17(33-18)7-8-32-22(20)23(31)36/h5-9,12-14H,1-4,10-11H2,(H2,31,36)(H,33,35). The van der Waals surface area contributed by atoms with Crippen molar-refractivity contribution < 1.29 is 26.7 Å². The first-order chi connectivity index (χ1) is 16.9. The smallest absolute Gasteiger partial charge is 0.364 e. The van der Waals surface area contributed by atoms with Gasteiger partial charge in [-0.1, -0.05) is 0 Å². The second kappa shape index (κ2) is 8.63. The number of amides is 1. The van der Waals surface area contributed by atoms with Crippen LogP contribution < -0.4 is 11.2 Å². The van der Waals surface area contributed by atoms with Gasteiger partial charge in [-0.2, -0.15) is 13.2 Å². The van der Waals surface area contributed by atoms with Gasteiger partial charge in [0.2, 0.25) is 5.92 Å². The normalized spacial score (nSPS) is 22.4. The number of carbonyl (C=O) groups is 1. The van der Waals surface area contributed by atoms with Gasteiger partial charge in [0, 0.05) is 48.2 Å². The Bertz CT molecular complexity index is 1390. The Labute approximate surface area is 202 Å². The molecule has 11 heteroatoms. The maximum Gasteiger partial charge on any atom is 0.391 e. The van der Waals surface area contributed by atoms with E-state index in [9.17, 15) is 31.5 Å². The minimum Gasteiger partial charge on any atom is -0.364 e. The summed E-state index contributed by atoms with van der Waals surface area (Å²) in [6.45, 7) is 0. The van der Waals surface area contributed by atoms with Gasteiger partial charge in [0.15, 0.2) is 5.43 Å². The minimum absolute atomic E-state index is 0.0299. The van der Waals surface area contributed by atoms with Gasteiger partial charge in [-0.05, 0) is 43.9 Å². The van der Waals surface area contributed by atoms with Crippen LogP contribution in [-0.2, 0) is 0 Å². The fourth-order valence-corrected chi connectivity index (χ4v) is 5.35. The lowest BCUT2D eigenvalue weighted by atomic mass is 9.76. The van der Waals surface area contributed by atoms with Crippen LogP contribution in [0.3, 0.4) is 0 Å². The summed E-state index contributed by atoms with van der Waals surface area (Å²) < 4.78 is 66.7. The van der Waals surface area contributed by atoms with Crippen LogP contribution in [-0.4, -0.2) is 33.0 Å². The molecule has 1 amide bonds. The SMILES string of the molecule is NC(=O)c1nccc2[nH]c(-c3ccc(C4CC(F)(F)C4)nc3C3CCC(C(F)(F)F)CC3)cc(=O)c12. The molecule has 36 heavy (non-hydrogen) atoms. The largest absolute Gasteiger partial charge is 0.391 e. The van der Waals surface area contributed by atoms with Gasteiger partial charge in [0.25, 0.3) is 5.91 Å². The molecule has 2 aliphatic carbocycles. The van der Waals surface area contributed by atoms with E-state index in [1.165, 1.54) is 18.3 Å². The van der Waals surface area contributed by atoms with Crippen LogP contribution in [0.15, 0.2) is 35.3 Å². The zero-order chi connectivity index (χ0) is 25.8. The average Bonchev–Trinajstić information content (AvgIpc) is 2.81. The van der Waals surface area contributed by atoms with Gasteiger partial charge < -0.3 is 10.7 Å². The van der Waals surface area contributed by atoms with Crippen molar-refractivity contribution in [3.63, 3.8) is 0 Å². The lowest BCUT2D eigenvalue weighted by Gasteiger charge is -2.35. The van der Waals surface area contributed by atoms with Crippen molar-refractivity contribution in [3.05, 3.63) is 57.8 Å². The number of nitrogens with zero attached hydrogens (tertiary/aromatic N) is 2. The molecule has 3 N–H and O–H groups in total. The van der Waals surface area contributed by atoms with Crippen LogP contribution in [0.5, 0.6) is 0 Å². The zero-order valence-corrected chi connectivity index (χ0v) is 19.0. The molecule has 0 spiro atoms. The van der Waals surface area contributed by atoms with Crippen LogP contribution in [0.4, 0.5) is 22.0 Å². The topological polar surface area (TPSA) is 102 Å². The number of pyridine rings is 3. The Balaban J connectivity index is 1.58. The molecule has 3 heterocycles. The third-order valence-corrected chi connectivity index (χ3v) is 7.30. The van der Waals surface area contributed by atoms with Gasteiger partial charge in [-0.25, -0.2) is 8.78 Å². The number of H-pyrrole nitrogens is 1. The molecule has 0 radical (unpaired) electrons. The molecule has 0 atom stereocenters. The van der Waals surface area contributed by atoms with E-state index >= 15 is 0 Å². The lowest BCUT2D eigenvalue weighted by molar-refractivity contribution is -0.182. The number of rotatable bonds is 4. The summed E-state index contributed by atoms with van der Waals surface area (Å²) in [4.78, 5) is 36.3. The van der Waals surface area contributed by atoms with E-state index < -0.39 is 35.3 Å². The van der Waals surface area contributed by atoms with Crippen LogP contribution in [0.2, 0.25) is 0 Å². The van der Waals surface area contributed by atoms with Crippen LogP contribution in [0.1, 0.15) is 72.2 Å². The summed E-state index contributed by atoms with van der Waals surface area (Å²) in [6, 6.07) is 6.09. The van der Waals surface area contributed by atoms with E-state index in [2.05, 4.69) is 15.0 Å². The highest BCUT2D eigenvalue weighted by molar-refractivity contribution is 6.03. The molecule has 3 aromatic rings. The van der Waals surface area contributed by atoms with Gasteiger partial charge in [-0.3, -0.25) is 19.6 Å². The molecule has 0 bridgehead atoms. The van der Waals surface area contributed by atoms with Crippen molar-refractivity contribution in [1.29, 1.82) is 0 Å². The summed E-state index contributed by atoms with van der Waals surface area (Å²) in [5.41, 5.74) is 6.82. The summed E-state index contributed by atoms with van der Waals surface area (Å²) >= 11 is 0. The summed E-state index contributed by atoms with van der Waals surface area (Å²) in [5, 5.41) is 0.0299. The first-order valence-corrected chi connectivity index (χ1v) is 11.7. The number of hydrogen-bond acceptors (Lipinski definition) is 4. The van der Waals surface area contributed by atoms with Crippen molar-refractivity contribution >= 4 is 16.8 Å². The molecule has 190 valence electrons. The third kappa shape index (κ3) is 4.46. The predicted octanol–water partition coefficient (Wildman–Crippen LogP) is 5.43. The van der Waals surface area contributed by atoms with Crippen molar-refractivity contribution in [2.75, 3.05) is 0 Å².